The predicted octanol–water partition coefficient (Wildman–Crippen LogP) is 2.76. The summed E-state index contributed by atoms with van der Waals surface area (Å²) in [5.74, 6) is 0.571. The highest BCUT2D eigenvalue weighted by Gasteiger charge is 2.30. The SMILES string of the molecule is CNS(=O)(=O)c1cc(-c2sc(Nc3cccc(N4CCCOC4=O)n3)nc2C)cc2c1C(=O)NC2. The van der Waals surface area contributed by atoms with Crippen molar-refractivity contribution in [3.05, 3.63) is 47.2 Å². The van der Waals surface area contributed by atoms with Gasteiger partial charge >= 0.3 is 6.09 Å². The van der Waals surface area contributed by atoms with E-state index in [1.165, 1.54) is 29.4 Å². The van der Waals surface area contributed by atoms with Crippen LogP contribution in [0.3, 0.4) is 0 Å². The quantitative estimate of drug-likeness (QED) is 0.456. The van der Waals surface area contributed by atoms with Crippen molar-refractivity contribution < 1.29 is 22.7 Å². The number of carbonyl (C=O) groups excluding carboxylic acids is 2. The molecule has 1 saturated heterocycles. The molecule has 5 rings (SSSR count). The molecule has 1 fully saturated rings. The number of nitrogens with one attached hydrogen (secondary N) is 3. The van der Waals surface area contributed by atoms with Gasteiger partial charge in [0.15, 0.2) is 5.13 Å². The van der Waals surface area contributed by atoms with Crippen LogP contribution in [-0.2, 0) is 21.3 Å². The first-order valence-electron chi connectivity index (χ1n) is 10.8. The molecule has 0 atom stereocenters. The molecule has 0 radical (unpaired) electrons. The van der Waals surface area contributed by atoms with Crippen molar-refractivity contribution in [2.75, 3.05) is 30.4 Å². The van der Waals surface area contributed by atoms with Crippen LogP contribution in [0.4, 0.5) is 21.6 Å². The Hall–Kier alpha value is -3.55. The van der Waals surface area contributed by atoms with Gasteiger partial charge in [-0.15, -0.1) is 0 Å². The van der Waals surface area contributed by atoms with Crippen LogP contribution in [0.15, 0.2) is 35.2 Å². The van der Waals surface area contributed by atoms with Crippen molar-refractivity contribution in [2.45, 2.75) is 24.8 Å². The zero-order chi connectivity index (χ0) is 24.7. The van der Waals surface area contributed by atoms with Gasteiger partial charge in [-0.2, -0.15) is 0 Å². The zero-order valence-electron chi connectivity index (χ0n) is 18.9. The van der Waals surface area contributed by atoms with Crippen LogP contribution in [-0.4, -0.2) is 50.6 Å². The molecule has 1 aromatic carbocycles. The highest BCUT2D eigenvalue weighted by atomic mass is 32.2. The number of carbonyl (C=O) groups is 2. The van der Waals surface area contributed by atoms with Gasteiger partial charge in [-0.1, -0.05) is 17.4 Å². The maximum atomic E-state index is 12.6. The minimum absolute atomic E-state index is 0.0624. The second-order valence-electron chi connectivity index (χ2n) is 7.96. The van der Waals surface area contributed by atoms with Crippen LogP contribution >= 0.6 is 11.3 Å². The standard InChI is InChI=1S/C22H22N6O5S2/c1-12-19(13-9-14-11-24-20(29)18(14)15(10-13)35(31,32)23-2)34-21(25-12)27-16-5-3-6-17(26-16)28-7-4-8-33-22(28)30/h3,5-6,9-10,23H,4,7-8,11H2,1-2H3,(H,24,29)(H,25,26,27). The molecule has 11 nitrogen and oxygen atoms in total. The van der Waals surface area contributed by atoms with E-state index in [1.807, 2.05) is 13.0 Å². The first-order valence-corrected chi connectivity index (χ1v) is 13.1. The number of hydrogen-bond donors (Lipinski definition) is 3. The average Bonchev–Trinajstić information content (AvgIpc) is 3.40. The van der Waals surface area contributed by atoms with Crippen LogP contribution in [0.2, 0.25) is 0 Å². The van der Waals surface area contributed by atoms with Gasteiger partial charge in [-0.3, -0.25) is 9.69 Å². The number of aromatic nitrogens is 2. The van der Waals surface area contributed by atoms with Gasteiger partial charge in [-0.25, -0.2) is 27.9 Å². The summed E-state index contributed by atoms with van der Waals surface area (Å²) in [5, 5.41) is 6.40. The number of benzene rings is 1. The Balaban J connectivity index is 1.47. The van der Waals surface area contributed by atoms with E-state index in [1.54, 1.807) is 18.2 Å². The zero-order valence-corrected chi connectivity index (χ0v) is 20.5. The maximum absolute atomic E-state index is 12.6. The Morgan fingerprint density at radius 1 is 1.20 bits per heavy atom. The molecule has 2 aromatic heterocycles. The molecule has 35 heavy (non-hydrogen) atoms. The number of anilines is 3. The van der Waals surface area contributed by atoms with Crippen molar-refractivity contribution in [2.24, 2.45) is 0 Å². The fourth-order valence-corrected chi connectivity index (χ4v) is 5.97. The van der Waals surface area contributed by atoms with Crippen LogP contribution in [0, 0.1) is 6.92 Å². The molecule has 0 unspecified atom stereocenters. The number of rotatable bonds is 6. The third-order valence-electron chi connectivity index (χ3n) is 5.69. The summed E-state index contributed by atoms with van der Waals surface area (Å²) in [5.41, 5.74) is 2.13. The minimum atomic E-state index is -3.86. The van der Waals surface area contributed by atoms with Crippen molar-refractivity contribution >= 4 is 50.1 Å². The molecule has 13 heteroatoms. The molecule has 182 valence electrons. The number of pyridine rings is 1. The number of amides is 2. The van der Waals surface area contributed by atoms with Gasteiger partial charge in [0, 0.05) is 13.1 Å². The van der Waals surface area contributed by atoms with Gasteiger partial charge in [0.25, 0.3) is 5.91 Å². The Kier molecular flexibility index (Phi) is 5.91. The van der Waals surface area contributed by atoms with Gasteiger partial charge in [-0.05, 0) is 55.8 Å². The second kappa shape index (κ2) is 8.91. The molecule has 0 saturated carbocycles. The lowest BCUT2D eigenvalue weighted by atomic mass is 10.0. The number of hydrogen-bond acceptors (Lipinski definition) is 9. The predicted molar refractivity (Wildman–Crippen MR) is 131 cm³/mol. The maximum Gasteiger partial charge on any atom is 0.415 e. The summed E-state index contributed by atoms with van der Waals surface area (Å²) in [4.78, 5) is 35.6. The van der Waals surface area contributed by atoms with Gasteiger partial charge < -0.3 is 15.4 Å². The normalized spacial score (nSPS) is 15.5. The van der Waals surface area contributed by atoms with E-state index in [0.717, 1.165) is 11.3 Å². The number of sulfonamides is 1. The molecule has 2 aliphatic heterocycles. The molecular formula is C22H22N6O5S2. The summed E-state index contributed by atoms with van der Waals surface area (Å²) in [6, 6.07) is 8.60. The van der Waals surface area contributed by atoms with E-state index >= 15 is 0 Å². The van der Waals surface area contributed by atoms with Crippen molar-refractivity contribution in [3.8, 4) is 10.4 Å². The third-order valence-corrected chi connectivity index (χ3v) is 8.25. The van der Waals surface area contributed by atoms with Crippen LogP contribution in [0.1, 0.15) is 28.0 Å². The lowest BCUT2D eigenvalue weighted by Crippen LogP contribution is -2.38. The monoisotopic (exact) mass is 514 g/mol. The van der Waals surface area contributed by atoms with E-state index in [-0.39, 0.29) is 17.0 Å². The van der Waals surface area contributed by atoms with E-state index in [4.69, 9.17) is 4.74 Å². The average molecular weight is 515 g/mol. The lowest BCUT2D eigenvalue weighted by Gasteiger charge is -2.25. The molecule has 0 spiro atoms. The highest BCUT2D eigenvalue weighted by Crippen LogP contribution is 2.38. The second-order valence-corrected chi connectivity index (χ2v) is 10.8. The Morgan fingerprint density at radius 3 is 2.80 bits per heavy atom. The summed E-state index contributed by atoms with van der Waals surface area (Å²) in [6.07, 6.45) is 0.304. The fraction of sp³-hybridized carbons (Fsp3) is 0.273. The molecule has 0 bridgehead atoms. The molecule has 2 aliphatic rings. The van der Waals surface area contributed by atoms with Crippen LogP contribution in [0.5, 0.6) is 0 Å². The fourth-order valence-electron chi connectivity index (χ4n) is 4.02. The summed E-state index contributed by atoms with van der Waals surface area (Å²) in [7, 11) is -2.54. The molecule has 0 aliphatic carbocycles. The smallest absolute Gasteiger partial charge is 0.415 e. The molecular weight excluding hydrogens is 492 g/mol. The van der Waals surface area contributed by atoms with Crippen molar-refractivity contribution in [1.29, 1.82) is 0 Å². The summed E-state index contributed by atoms with van der Waals surface area (Å²) >= 11 is 1.33. The van der Waals surface area contributed by atoms with Crippen LogP contribution in [0.25, 0.3) is 10.4 Å². The van der Waals surface area contributed by atoms with Crippen LogP contribution < -0.4 is 20.3 Å². The summed E-state index contributed by atoms with van der Waals surface area (Å²) < 4.78 is 32.7. The molecule has 3 aromatic rings. The van der Waals surface area contributed by atoms with Crippen molar-refractivity contribution in [1.82, 2.24) is 20.0 Å². The van der Waals surface area contributed by atoms with E-state index < -0.39 is 22.0 Å². The Morgan fingerprint density at radius 2 is 2.03 bits per heavy atom. The minimum Gasteiger partial charge on any atom is -0.449 e. The number of aryl methyl sites for hydroxylation is 1. The van der Waals surface area contributed by atoms with E-state index in [2.05, 4.69) is 25.3 Å². The van der Waals surface area contributed by atoms with Crippen molar-refractivity contribution in [3.63, 3.8) is 0 Å². The number of thiazole rings is 1. The number of nitrogens with zero attached hydrogens (tertiary/aromatic N) is 3. The van der Waals surface area contributed by atoms with E-state index in [0.29, 0.717) is 46.7 Å². The third kappa shape index (κ3) is 4.33. The van der Waals surface area contributed by atoms with Gasteiger partial charge in [0.2, 0.25) is 10.0 Å². The van der Waals surface area contributed by atoms with Gasteiger partial charge in [0.1, 0.15) is 11.6 Å². The number of fused-ring (bicyclic) bond motifs is 1. The molecule has 3 N–H and O–H groups in total. The number of cyclic esters (lactones) is 1. The van der Waals surface area contributed by atoms with E-state index in [9.17, 15) is 18.0 Å². The first-order chi connectivity index (χ1) is 16.8. The highest BCUT2D eigenvalue weighted by molar-refractivity contribution is 7.89. The molecule has 4 heterocycles. The first kappa shape index (κ1) is 23.2. The lowest BCUT2D eigenvalue weighted by molar-refractivity contribution is 0.0962. The molecule has 2 amide bonds. The number of ether oxygens (including phenoxy) is 1. The topological polar surface area (TPSA) is 143 Å². The van der Waals surface area contributed by atoms with Gasteiger partial charge in [0.05, 0.1) is 27.6 Å². The largest absolute Gasteiger partial charge is 0.449 e. The Labute approximate surface area is 205 Å². The Bertz CT molecular complexity index is 1450. The summed E-state index contributed by atoms with van der Waals surface area (Å²) in [6.45, 7) is 3.02.